The van der Waals surface area contributed by atoms with E-state index >= 15 is 0 Å². The summed E-state index contributed by atoms with van der Waals surface area (Å²) in [5.74, 6) is 1.05. The molecule has 1 aliphatic carbocycles. The Bertz CT molecular complexity index is 192. The highest BCUT2D eigenvalue weighted by Crippen LogP contribution is 2.30. The monoisotopic (exact) mass is 267 g/mol. The van der Waals surface area contributed by atoms with Crippen molar-refractivity contribution in [3.8, 4) is 0 Å². The third kappa shape index (κ3) is 7.97. The first-order chi connectivity index (χ1) is 9.24. The summed E-state index contributed by atoms with van der Waals surface area (Å²) in [5, 5.41) is 0. The highest BCUT2D eigenvalue weighted by molar-refractivity contribution is 4.76. The zero-order chi connectivity index (χ0) is 13.9. The third-order valence-corrected chi connectivity index (χ3v) is 5.01. The van der Waals surface area contributed by atoms with Gasteiger partial charge >= 0.3 is 0 Å². The lowest BCUT2D eigenvalue weighted by atomic mass is 9.82. The number of nitrogens with zero attached hydrogens (tertiary/aromatic N) is 1. The van der Waals surface area contributed by atoms with E-state index in [-0.39, 0.29) is 0 Å². The van der Waals surface area contributed by atoms with Crippen LogP contribution in [0.4, 0.5) is 0 Å². The molecule has 1 heteroatoms. The first-order valence-corrected chi connectivity index (χ1v) is 8.90. The molecule has 0 aliphatic heterocycles. The van der Waals surface area contributed by atoms with E-state index in [1.54, 1.807) is 0 Å². The van der Waals surface area contributed by atoms with Crippen molar-refractivity contribution >= 4 is 0 Å². The molecule has 1 aliphatic rings. The maximum Gasteiger partial charge on any atom is 0.00893 e. The van der Waals surface area contributed by atoms with Crippen molar-refractivity contribution in [2.75, 3.05) is 14.1 Å². The Balaban J connectivity index is 1.88. The summed E-state index contributed by atoms with van der Waals surface area (Å²) in [6, 6.07) is 0.870. The number of hydrogen-bond donors (Lipinski definition) is 0. The highest BCUT2D eigenvalue weighted by atomic mass is 15.1. The van der Waals surface area contributed by atoms with Crippen molar-refractivity contribution in [3.63, 3.8) is 0 Å². The Kier molecular flexibility index (Phi) is 9.59. The van der Waals surface area contributed by atoms with Gasteiger partial charge in [0.2, 0.25) is 0 Å². The maximum atomic E-state index is 2.42. The van der Waals surface area contributed by atoms with Crippen molar-refractivity contribution in [1.29, 1.82) is 0 Å². The van der Waals surface area contributed by atoms with Gasteiger partial charge in [0.1, 0.15) is 0 Å². The maximum absolute atomic E-state index is 2.42. The molecule has 0 atom stereocenters. The average molecular weight is 268 g/mol. The molecule has 0 amide bonds. The van der Waals surface area contributed by atoms with Crippen molar-refractivity contribution in [1.82, 2.24) is 4.90 Å². The minimum absolute atomic E-state index is 0.870. The predicted molar refractivity (Wildman–Crippen MR) is 86.7 cm³/mol. The van der Waals surface area contributed by atoms with Crippen LogP contribution in [-0.2, 0) is 0 Å². The molecule has 0 aromatic carbocycles. The molecular formula is C18H37N. The Labute approximate surface area is 122 Å². The second kappa shape index (κ2) is 10.7. The quantitative estimate of drug-likeness (QED) is 0.463. The normalized spacial score (nSPS) is 24.0. The van der Waals surface area contributed by atoms with Crippen molar-refractivity contribution in [2.24, 2.45) is 5.92 Å². The zero-order valence-corrected chi connectivity index (χ0v) is 13.8. The molecule has 1 saturated carbocycles. The third-order valence-electron chi connectivity index (χ3n) is 5.01. The molecule has 0 heterocycles. The van der Waals surface area contributed by atoms with Gasteiger partial charge in [0.25, 0.3) is 0 Å². The fraction of sp³-hybridized carbons (Fsp3) is 1.00. The van der Waals surface area contributed by atoms with E-state index in [2.05, 4.69) is 25.9 Å². The fourth-order valence-corrected chi connectivity index (χ4v) is 3.52. The van der Waals surface area contributed by atoms with Gasteiger partial charge in [-0.05, 0) is 45.7 Å². The van der Waals surface area contributed by atoms with E-state index in [0.717, 1.165) is 12.0 Å². The Morgan fingerprint density at radius 3 is 1.79 bits per heavy atom. The molecule has 0 saturated heterocycles. The van der Waals surface area contributed by atoms with E-state index in [0.29, 0.717) is 0 Å². The molecule has 0 N–H and O–H groups in total. The molecule has 0 radical (unpaired) electrons. The standard InChI is InChI=1S/C18H37N/c1-4-5-6-7-8-9-10-11-12-17-13-15-18(16-14-17)19(2)3/h17-18H,4-16H2,1-3H3. The zero-order valence-electron chi connectivity index (χ0n) is 13.8. The number of unbranched alkanes of at least 4 members (excludes halogenated alkanes) is 7. The largest absolute Gasteiger partial charge is 0.306 e. The molecule has 1 fully saturated rings. The van der Waals surface area contributed by atoms with Gasteiger partial charge in [-0.1, -0.05) is 64.7 Å². The molecule has 114 valence electrons. The van der Waals surface area contributed by atoms with Crippen molar-refractivity contribution in [3.05, 3.63) is 0 Å². The average Bonchev–Trinajstić information content (AvgIpc) is 2.42. The Hall–Kier alpha value is -0.0400. The molecule has 0 aromatic rings. The molecule has 0 unspecified atom stereocenters. The second-order valence-electron chi connectivity index (χ2n) is 6.90. The molecule has 0 aromatic heterocycles. The summed E-state index contributed by atoms with van der Waals surface area (Å²) in [5.41, 5.74) is 0. The van der Waals surface area contributed by atoms with E-state index in [1.807, 2.05) is 0 Å². The van der Waals surface area contributed by atoms with Crippen LogP contribution in [0.3, 0.4) is 0 Å². The van der Waals surface area contributed by atoms with Gasteiger partial charge in [-0.15, -0.1) is 0 Å². The minimum Gasteiger partial charge on any atom is -0.306 e. The SMILES string of the molecule is CCCCCCCCCCC1CCC(N(C)C)CC1. The van der Waals surface area contributed by atoms with Crippen molar-refractivity contribution in [2.45, 2.75) is 96.4 Å². The number of rotatable bonds is 10. The van der Waals surface area contributed by atoms with Gasteiger partial charge in [-0.3, -0.25) is 0 Å². The van der Waals surface area contributed by atoms with E-state index < -0.39 is 0 Å². The van der Waals surface area contributed by atoms with Crippen LogP contribution in [0, 0.1) is 5.92 Å². The van der Waals surface area contributed by atoms with Crippen LogP contribution in [0.2, 0.25) is 0 Å². The van der Waals surface area contributed by atoms with E-state index in [9.17, 15) is 0 Å². The summed E-state index contributed by atoms with van der Waals surface area (Å²) in [6.07, 6.45) is 19.0. The molecule has 1 nitrogen and oxygen atoms in total. The van der Waals surface area contributed by atoms with Crippen LogP contribution in [0.5, 0.6) is 0 Å². The van der Waals surface area contributed by atoms with Crippen LogP contribution in [-0.4, -0.2) is 25.0 Å². The van der Waals surface area contributed by atoms with E-state index in [4.69, 9.17) is 0 Å². The number of hydrogen-bond acceptors (Lipinski definition) is 1. The minimum atomic E-state index is 0.870. The van der Waals surface area contributed by atoms with Crippen LogP contribution >= 0.6 is 0 Å². The second-order valence-corrected chi connectivity index (χ2v) is 6.90. The fourth-order valence-electron chi connectivity index (χ4n) is 3.52. The van der Waals surface area contributed by atoms with Gasteiger partial charge in [-0.2, -0.15) is 0 Å². The first kappa shape index (κ1) is 17.0. The molecule has 1 rings (SSSR count). The van der Waals surface area contributed by atoms with Gasteiger partial charge in [-0.25, -0.2) is 0 Å². The summed E-state index contributed by atoms with van der Waals surface area (Å²) in [6.45, 7) is 2.30. The first-order valence-electron chi connectivity index (χ1n) is 8.90. The van der Waals surface area contributed by atoms with Gasteiger partial charge in [0.05, 0.1) is 0 Å². The summed E-state index contributed by atoms with van der Waals surface area (Å²) in [4.78, 5) is 2.42. The molecular weight excluding hydrogens is 230 g/mol. The summed E-state index contributed by atoms with van der Waals surface area (Å²) in [7, 11) is 4.48. The summed E-state index contributed by atoms with van der Waals surface area (Å²) < 4.78 is 0. The molecule has 0 bridgehead atoms. The predicted octanol–water partition coefficient (Wildman–Crippen LogP) is 5.64. The summed E-state index contributed by atoms with van der Waals surface area (Å²) >= 11 is 0. The van der Waals surface area contributed by atoms with Crippen LogP contribution < -0.4 is 0 Å². The lowest BCUT2D eigenvalue weighted by molar-refractivity contribution is 0.187. The molecule has 0 spiro atoms. The van der Waals surface area contributed by atoms with Gasteiger partial charge in [0.15, 0.2) is 0 Å². The van der Waals surface area contributed by atoms with Gasteiger partial charge in [0, 0.05) is 6.04 Å². The van der Waals surface area contributed by atoms with Crippen LogP contribution in [0.15, 0.2) is 0 Å². The smallest absolute Gasteiger partial charge is 0.00893 e. The Morgan fingerprint density at radius 2 is 1.26 bits per heavy atom. The van der Waals surface area contributed by atoms with Crippen LogP contribution in [0.25, 0.3) is 0 Å². The van der Waals surface area contributed by atoms with Gasteiger partial charge < -0.3 is 4.90 Å². The Morgan fingerprint density at radius 1 is 0.737 bits per heavy atom. The molecule has 19 heavy (non-hydrogen) atoms. The highest BCUT2D eigenvalue weighted by Gasteiger charge is 2.21. The lowest BCUT2D eigenvalue weighted by Crippen LogP contribution is -2.32. The topological polar surface area (TPSA) is 3.24 Å². The van der Waals surface area contributed by atoms with Crippen LogP contribution in [0.1, 0.15) is 90.4 Å². The van der Waals surface area contributed by atoms with E-state index in [1.165, 1.54) is 83.5 Å². The lowest BCUT2D eigenvalue weighted by Gasteiger charge is -2.32. The van der Waals surface area contributed by atoms with Crippen molar-refractivity contribution < 1.29 is 0 Å².